The average molecular weight is 197 g/mol. The Kier molecular flexibility index (Phi) is 2.96. The van der Waals surface area contributed by atoms with Crippen LogP contribution in [-0.2, 0) is 4.79 Å². The van der Waals surface area contributed by atoms with E-state index in [0.29, 0.717) is 5.56 Å². The summed E-state index contributed by atoms with van der Waals surface area (Å²) in [5.74, 6) is -2.00. The van der Waals surface area contributed by atoms with E-state index >= 15 is 0 Å². The Morgan fingerprint density at radius 2 is 2.00 bits per heavy atom. The molecule has 2 nitrogen and oxygen atoms in total. The zero-order chi connectivity index (χ0) is 10.7. The minimum absolute atomic E-state index is 0.141. The van der Waals surface area contributed by atoms with Crippen molar-refractivity contribution in [2.45, 2.75) is 6.92 Å². The van der Waals surface area contributed by atoms with Gasteiger partial charge < -0.3 is 5.73 Å². The lowest BCUT2D eigenvalue weighted by Gasteiger charge is -2.00. The van der Waals surface area contributed by atoms with Gasteiger partial charge in [-0.15, -0.1) is 0 Å². The Labute approximate surface area is 80.0 Å². The van der Waals surface area contributed by atoms with Gasteiger partial charge in [0.1, 0.15) is 11.6 Å². The van der Waals surface area contributed by atoms with E-state index in [1.165, 1.54) is 19.1 Å². The smallest absolute Gasteiger partial charge is 0.241 e. The number of halogens is 2. The van der Waals surface area contributed by atoms with Crippen molar-refractivity contribution in [3.8, 4) is 0 Å². The minimum atomic E-state index is -0.717. The highest BCUT2D eigenvalue weighted by Gasteiger charge is 2.04. The van der Waals surface area contributed by atoms with E-state index in [1.54, 1.807) is 0 Å². The standard InChI is InChI=1S/C10H9F2NO/c1-6-4-7(2-3-10(13)14)9(12)5-8(6)11/h2-5H,1H3,(H2,13,14). The fourth-order valence-corrected chi connectivity index (χ4v) is 0.979. The van der Waals surface area contributed by atoms with Gasteiger partial charge in [0.15, 0.2) is 0 Å². The third kappa shape index (κ3) is 2.39. The zero-order valence-corrected chi connectivity index (χ0v) is 7.55. The molecule has 0 aliphatic heterocycles. The van der Waals surface area contributed by atoms with E-state index in [-0.39, 0.29) is 5.56 Å². The van der Waals surface area contributed by atoms with Crippen LogP contribution in [0.15, 0.2) is 18.2 Å². The SMILES string of the molecule is Cc1cc(C=CC(N)=O)c(F)cc1F. The Hall–Kier alpha value is -1.71. The summed E-state index contributed by atoms with van der Waals surface area (Å²) in [5.41, 5.74) is 5.29. The summed E-state index contributed by atoms with van der Waals surface area (Å²) in [6, 6.07) is 2.08. The number of carbonyl (C=O) groups excluding carboxylic acids is 1. The topological polar surface area (TPSA) is 43.1 Å². The van der Waals surface area contributed by atoms with Gasteiger partial charge in [0.05, 0.1) is 0 Å². The van der Waals surface area contributed by atoms with Crippen molar-refractivity contribution in [3.63, 3.8) is 0 Å². The molecule has 74 valence electrons. The summed E-state index contributed by atoms with van der Waals surface area (Å²) in [5, 5.41) is 0. The van der Waals surface area contributed by atoms with E-state index in [0.717, 1.165) is 12.1 Å². The molecule has 0 heterocycles. The van der Waals surface area contributed by atoms with Crippen LogP contribution in [0.4, 0.5) is 8.78 Å². The lowest BCUT2D eigenvalue weighted by atomic mass is 10.1. The number of nitrogens with two attached hydrogens (primary N) is 1. The molecule has 1 aromatic carbocycles. The van der Waals surface area contributed by atoms with Crippen LogP contribution in [0.2, 0.25) is 0 Å². The van der Waals surface area contributed by atoms with Crippen molar-refractivity contribution >= 4 is 12.0 Å². The molecule has 0 bridgehead atoms. The first kappa shape index (κ1) is 10.4. The molecule has 14 heavy (non-hydrogen) atoms. The van der Waals surface area contributed by atoms with E-state index in [1.807, 2.05) is 0 Å². The maximum atomic E-state index is 13.0. The van der Waals surface area contributed by atoms with Gasteiger partial charge in [0.2, 0.25) is 5.91 Å². The van der Waals surface area contributed by atoms with Crippen LogP contribution in [0.25, 0.3) is 6.08 Å². The second-order valence-electron chi connectivity index (χ2n) is 2.86. The molecule has 0 radical (unpaired) electrons. The normalized spacial score (nSPS) is 10.8. The quantitative estimate of drug-likeness (QED) is 0.721. The first-order valence-electron chi connectivity index (χ1n) is 3.94. The van der Waals surface area contributed by atoms with Crippen LogP contribution in [0.1, 0.15) is 11.1 Å². The van der Waals surface area contributed by atoms with Crippen LogP contribution in [0.3, 0.4) is 0 Å². The molecule has 1 amide bonds. The summed E-state index contributed by atoms with van der Waals surface area (Å²) < 4.78 is 25.8. The average Bonchev–Trinajstić information content (AvgIpc) is 2.09. The van der Waals surface area contributed by atoms with Gasteiger partial charge in [0.25, 0.3) is 0 Å². The Balaban J connectivity index is 3.10. The summed E-state index contributed by atoms with van der Waals surface area (Å²) in [7, 11) is 0. The van der Waals surface area contributed by atoms with Gasteiger partial charge in [0, 0.05) is 17.7 Å². The molecule has 0 saturated heterocycles. The second-order valence-corrected chi connectivity index (χ2v) is 2.86. The molecule has 0 saturated carbocycles. The van der Waals surface area contributed by atoms with Crippen LogP contribution in [0, 0.1) is 18.6 Å². The number of rotatable bonds is 2. The van der Waals surface area contributed by atoms with Gasteiger partial charge in [-0.3, -0.25) is 4.79 Å². The largest absolute Gasteiger partial charge is 0.366 e. The molecule has 4 heteroatoms. The van der Waals surface area contributed by atoms with Gasteiger partial charge in [-0.1, -0.05) is 0 Å². The third-order valence-electron chi connectivity index (χ3n) is 1.71. The lowest BCUT2D eigenvalue weighted by molar-refractivity contribution is -0.113. The number of benzene rings is 1. The van der Waals surface area contributed by atoms with Gasteiger partial charge in [-0.2, -0.15) is 0 Å². The van der Waals surface area contributed by atoms with Crippen molar-refractivity contribution in [2.75, 3.05) is 0 Å². The second kappa shape index (κ2) is 4.00. The van der Waals surface area contributed by atoms with Crippen molar-refractivity contribution in [2.24, 2.45) is 5.73 Å². The first-order valence-corrected chi connectivity index (χ1v) is 3.94. The molecular formula is C10H9F2NO. The number of hydrogen-bond donors (Lipinski definition) is 1. The van der Waals surface area contributed by atoms with E-state index < -0.39 is 17.5 Å². The monoisotopic (exact) mass is 197 g/mol. The number of amides is 1. The highest BCUT2D eigenvalue weighted by molar-refractivity contribution is 5.90. The fourth-order valence-electron chi connectivity index (χ4n) is 0.979. The van der Waals surface area contributed by atoms with Gasteiger partial charge in [-0.05, 0) is 24.6 Å². The third-order valence-corrected chi connectivity index (χ3v) is 1.71. The van der Waals surface area contributed by atoms with Crippen molar-refractivity contribution in [1.29, 1.82) is 0 Å². The summed E-state index contributed by atoms with van der Waals surface area (Å²) >= 11 is 0. The minimum Gasteiger partial charge on any atom is -0.366 e. The van der Waals surface area contributed by atoms with Crippen LogP contribution < -0.4 is 5.73 Å². The van der Waals surface area contributed by atoms with Gasteiger partial charge >= 0.3 is 0 Å². The molecule has 1 rings (SSSR count). The number of hydrogen-bond acceptors (Lipinski definition) is 1. The summed E-state index contributed by atoms with van der Waals surface area (Å²) in [4.78, 5) is 10.4. The van der Waals surface area contributed by atoms with E-state index in [4.69, 9.17) is 5.73 Å². The highest BCUT2D eigenvalue weighted by Crippen LogP contribution is 2.15. The van der Waals surface area contributed by atoms with E-state index in [2.05, 4.69) is 0 Å². The number of primary amides is 1. The Morgan fingerprint density at radius 3 is 2.57 bits per heavy atom. The maximum Gasteiger partial charge on any atom is 0.241 e. The van der Waals surface area contributed by atoms with Crippen LogP contribution >= 0.6 is 0 Å². The van der Waals surface area contributed by atoms with E-state index in [9.17, 15) is 13.6 Å². The predicted octanol–water partition coefficient (Wildman–Crippen LogP) is 1.77. The molecule has 2 N–H and O–H groups in total. The Bertz CT molecular complexity index is 399. The lowest BCUT2D eigenvalue weighted by Crippen LogP contribution is -2.05. The predicted molar refractivity (Wildman–Crippen MR) is 49.3 cm³/mol. The molecular weight excluding hydrogens is 188 g/mol. The molecule has 0 spiro atoms. The molecule has 0 atom stereocenters. The summed E-state index contributed by atoms with van der Waals surface area (Å²) in [6.07, 6.45) is 2.24. The summed E-state index contributed by atoms with van der Waals surface area (Å²) in [6.45, 7) is 1.51. The maximum absolute atomic E-state index is 13.0. The molecule has 0 unspecified atom stereocenters. The first-order chi connectivity index (χ1) is 6.50. The molecule has 0 fully saturated rings. The molecule has 0 aliphatic rings. The van der Waals surface area contributed by atoms with Crippen molar-refractivity contribution in [1.82, 2.24) is 0 Å². The molecule has 0 aliphatic carbocycles. The highest BCUT2D eigenvalue weighted by atomic mass is 19.1. The van der Waals surface area contributed by atoms with Crippen LogP contribution in [-0.4, -0.2) is 5.91 Å². The fraction of sp³-hybridized carbons (Fsp3) is 0.100. The number of aryl methyl sites for hydroxylation is 1. The van der Waals surface area contributed by atoms with Gasteiger partial charge in [-0.25, -0.2) is 8.78 Å². The van der Waals surface area contributed by atoms with Crippen LogP contribution in [0.5, 0.6) is 0 Å². The Morgan fingerprint density at radius 1 is 1.36 bits per heavy atom. The molecule has 1 aromatic rings. The van der Waals surface area contributed by atoms with Crippen molar-refractivity contribution < 1.29 is 13.6 Å². The molecule has 0 aromatic heterocycles. The zero-order valence-electron chi connectivity index (χ0n) is 7.55. The van der Waals surface area contributed by atoms with Crippen molar-refractivity contribution in [3.05, 3.63) is 41.0 Å². The number of carbonyl (C=O) groups is 1.